The molecule has 0 atom stereocenters. The van der Waals surface area contributed by atoms with Crippen LogP contribution in [0.25, 0.3) is 10.8 Å². The van der Waals surface area contributed by atoms with Crippen molar-refractivity contribution in [2.24, 2.45) is 0 Å². The molecule has 0 unspecified atom stereocenters. The van der Waals surface area contributed by atoms with Crippen molar-refractivity contribution < 1.29 is 30.7 Å². The quantitative estimate of drug-likeness (QED) is 0.508. The van der Waals surface area contributed by atoms with Gasteiger partial charge >= 0.3 is 75.7 Å². The Bertz CT molecular complexity index is 384. The van der Waals surface area contributed by atoms with Crippen molar-refractivity contribution in [3.8, 4) is 0 Å². The van der Waals surface area contributed by atoms with Crippen LogP contribution in [0.5, 0.6) is 0 Å². The molecule has 0 saturated carbocycles. The van der Waals surface area contributed by atoms with Gasteiger partial charge in [0.1, 0.15) is 0 Å². The number of rotatable bonds is 0. The van der Waals surface area contributed by atoms with Gasteiger partial charge in [0.05, 0.1) is 0 Å². The molecule has 0 aliphatic rings. The van der Waals surface area contributed by atoms with Gasteiger partial charge in [-0.1, -0.05) is 0 Å². The van der Waals surface area contributed by atoms with Gasteiger partial charge in [-0.25, -0.2) is 0 Å². The van der Waals surface area contributed by atoms with Crippen molar-refractivity contribution in [2.45, 2.75) is 0 Å². The summed E-state index contributed by atoms with van der Waals surface area (Å²) in [6.07, 6.45) is 0. The molecule has 0 saturated heterocycles. The zero-order valence-electron chi connectivity index (χ0n) is 6.63. The molecule has 0 spiro atoms. The Morgan fingerprint density at radius 1 is 0.833 bits per heavy atom. The van der Waals surface area contributed by atoms with E-state index >= 15 is 0 Å². The summed E-state index contributed by atoms with van der Waals surface area (Å²) in [5.74, 6) is 0. The topological polar surface area (TPSA) is 0 Å². The van der Waals surface area contributed by atoms with E-state index in [2.05, 4.69) is 42.5 Å². The fourth-order valence-electron chi connectivity index (χ4n) is 1.24. The summed E-state index contributed by atoms with van der Waals surface area (Å²) in [4.78, 5) is 0. The van der Waals surface area contributed by atoms with Gasteiger partial charge in [-0.2, -0.15) is 0 Å². The summed E-state index contributed by atoms with van der Waals surface area (Å²) in [6, 6.07) is 15.1. The van der Waals surface area contributed by atoms with Crippen LogP contribution in [-0.2, 0) is 18.3 Å². The minimum absolute atomic E-state index is 0. The summed E-state index contributed by atoms with van der Waals surface area (Å²) in [5.41, 5.74) is 0. The first-order valence-electron chi connectivity index (χ1n) is 3.67. The molecule has 0 bridgehead atoms. The van der Waals surface area contributed by atoms with Gasteiger partial charge in [-0.15, -0.1) is 0 Å². The first-order chi connectivity index (χ1) is 5.36. The van der Waals surface area contributed by atoms with Gasteiger partial charge < -0.3 is 12.4 Å². The molecule has 2 heteroatoms. The SMILES string of the molecule is [Cl-].[Zn+][c]1ccc2ccccc2c1. The summed E-state index contributed by atoms with van der Waals surface area (Å²) >= 11 is 1.24. The number of benzene rings is 2. The van der Waals surface area contributed by atoms with Gasteiger partial charge in [0, 0.05) is 0 Å². The third kappa shape index (κ3) is 1.85. The van der Waals surface area contributed by atoms with Crippen LogP contribution in [0.1, 0.15) is 0 Å². The van der Waals surface area contributed by atoms with Crippen LogP contribution in [-0.4, -0.2) is 0 Å². The van der Waals surface area contributed by atoms with Crippen molar-refractivity contribution >= 4 is 14.9 Å². The average molecular weight is 228 g/mol. The second-order valence-corrected chi connectivity index (χ2v) is 4.39. The molecule has 0 nitrogen and oxygen atoms in total. The molecule has 2 aromatic carbocycles. The van der Waals surface area contributed by atoms with Gasteiger partial charge in [0.25, 0.3) is 0 Å². The first kappa shape index (κ1) is 9.70. The van der Waals surface area contributed by atoms with Crippen LogP contribution >= 0.6 is 0 Å². The van der Waals surface area contributed by atoms with Crippen molar-refractivity contribution in [3.05, 3.63) is 42.5 Å². The molecular formula is C10H7ClZn. The molecule has 2 rings (SSSR count). The van der Waals surface area contributed by atoms with Gasteiger partial charge in [0.15, 0.2) is 0 Å². The van der Waals surface area contributed by atoms with E-state index in [1.54, 1.807) is 0 Å². The Balaban J connectivity index is 0.000000720. The van der Waals surface area contributed by atoms with Crippen LogP contribution in [0.4, 0.5) is 0 Å². The molecule has 0 amide bonds. The number of fused-ring (bicyclic) bond motifs is 1. The molecule has 2 aromatic rings. The second kappa shape index (κ2) is 4.02. The van der Waals surface area contributed by atoms with Crippen molar-refractivity contribution in [1.29, 1.82) is 0 Å². The van der Waals surface area contributed by atoms with Crippen LogP contribution in [0.2, 0.25) is 0 Å². The third-order valence-electron chi connectivity index (χ3n) is 1.81. The predicted octanol–water partition coefficient (Wildman–Crippen LogP) is -0.984. The van der Waals surface area contributed by atoms with E-state index in [1.807, 2.05) is 0 Å². The average Bonchev–Trinajstić information content (AvgIpc) is 2.04. The molecule has 0 aliphatic carbocycles. The molecule has 0 fully saturated rings. The fraction of sp³-hybridized carbons (Fsp3) is 0. The monoisotopic (exact) mass is 226 g/mol. The van der Waals surface area contributed by atoms with Crippen LogP contribution < -0.4 is 16.6 Å². The van der Waals surface area contributed by atoms with Gasteiger partial charge in [0.2, 0.25) is 0 Å². The van der Waals surface area contributed by atoms with E-state index in [1.165, 1.54) is 33.2 Å². The molecule has 12 heavy (non-hydrogen) atoms. The van der Waals surface area contributed by atoms with Crippen LogP contribution in [0, 0.1) is 0 Å². The number of halogens is 1. The Kier molecular flexibility index (Phi) is 3.25. The summed E-state index contributed by atoms with van der Waals surface area (Å²) in [5, 5.41) is 2.70. The summed E-state index contributed by atoms with van der Waals surface area (Å²) < 4.78 is 1.45. The minimum atomic E-state index is 0. The molecule has 0 aliphatic heterocycles. The van der Waals surface area contributed by atoms with Crippen molar-refractivity contribution in [2.75, 3.05) is 0 Å². The molecular weight excluding hydrogens is 221 g/mol. The van der Waals surface area contributed by atoms with E-state index in [4.69, 9.17) is 0 Å². The Morgan fingerprint density at radius 3 is 2.25 bits per heavy atom. The zero-order valence-corrected chi connectivity index (χ0v) is 10.3. The summed E-state index contributed by atoms with van der Waals surface area (Å²) in [6.45, 7) is 0. The third-order valence-corrected chi connectivity index (χ3v) is 2.74. The maximum atomic E-state index is 2.26. The van der Waals surface area contributed by atoms with Crippen LogP contribution in [0.3, 0.4) is 0 Å². The number of hydrogen-bond acceptors (Lipinski definition) is 0. The molecule has 0 heterocycles. The second-order valence-electron chi connectivity index (χ2n) is 2.68. The van der Waals surface area contributed by atoms with E-state index in [-0.39, 0.29) is 12.4 Å². The molecule has 0 aromatic heterocycles. The Morgan fingerprint density at radius 2 is 1.50 bits per heavy atom. The van der Waals surface area contributed by atoms with Gasteiger partial charge in [-0.3, -0.25) is 0 Å². The molecule has 0 radical (unpaired) electrons. The maximum absolute atomic E-state index is 2.26. The van der Waals surface area contributed by atoms with Gasteiger partial charge in [-0.05, 0) is 0 Å². The van der Waals surface area contributed by atoms with Crippen LogP contribution in [0.15, 0.2) is 42.5 Å². The normalized spacial score (nSPS) is 9.50. The van der Waals surface area contributed by atoms with E-state index in [0.717, 1.165) is 0 Å². The molecule has 0 N–H and O–H groups in total. The molecule has 56 valence electrons. The Labute approximate surface area is 88.1 Å². The van der Waals surface area contributed by atoms with E-state index in [9.17, 15) is 0 Å². The fourth-order valence-corrected chi connectivity index (χ4v) is 1.95. The van der Waals surface area contributed by atoms with E-state index in [0.29, 0.717) is 0 Å². The van der Waals surface area contributed by atoms with Crippen molar-refractivity contribution in [3.63, 3.8) is 0 Å². The van der Waals surface area contributed by atoms with Crippen molar-refractivity contribution in [1.82, 2.24) is 0 Å². The zero-order chi connectivity index (χ0) is 7.68. The predicted molar refractivity (Wildman–Crippen MR) is 43.6 cm³/mol. The Hall–Kier alpha value is -0.387. The first-order valence-corrected chi connectivity index (χ1v) is 5.15. The summed E-state index contributed by atoms with van der Waals surface area (Å²) in [7, 11) is 0. The van der Waals surface area contributed by atoms with E-state index < -0.39 is 0 Å². The number of hydrogen-bond donors (Lipinski definition) is 0. The standard InChI is InChI=1S/C10H7.ClH.Zn/c1-2-6-10-8-4-3-7-9(10)5-1;;/h1-3,5-8H;1H;/q;;+1/p-1.